The Kier molecular flexibility index (Phi) is 3.67. The number of carbonyl (C=O) groups is 2. The number of benzene rings is 2. The van der Waals surface area contributed by atoms with E-state index in [1.54, 1.807) is 23.1 Å². The zero-order chi connectivity index (χ0) is 15.0. The van der Waals surface area contributed by atoms with Gasteiger partial charge in [-0.05, 0) is 64.0 Å². The number of rotatable bonds is 3. The number of fused-ring (bicyclic) bond motifs is 1. The molecule has 106 valence electrons. The molecule has 4 nitrogen and oxygen atoms in total. The summed E-state index contributed by atoms with van der Waals surface area (Å²) in [4.78, 5) is 24.9. The van der Waals surface area contributed by atoms with E-state index < -0.39 is 5.97 Å². The smallest absolute Gasteiger partial charge is 0.335 e. The van der Waals surface area contributed by atoms with Crippen molar-refractivity contribution in [3.63, 3.8) is 0 Å². The minimum Gasteiger partial charge on any atom is -0.478 e. The summed E-state index contributed by atoms with van der Waals surface area (Å²) in [5, 5.41) is 9.01. The van der Waals surface area contributed by atoms with Gasteiger partial charge in [0.25, 0.3) is 0 Å². The van der Waals surface area contributed by atoms with Crippen molar-refractivity contribution in [2.45, 2.75) is 13.0 Å². The zero-order valence-corrected chi connectivity index (χ0v) is 13.2. The van der Waals surface area contributed by atoms with Gasteiger partial charge in [-0.3, -0.25) is 4.79 Å². The van der Waals surface area contributed by atoms with Gasteiger partial charge in [0.05, 0.1) is 18.5 Å². The van der Waals surface area contributed by atoms with Crippen molar-refractivity contribution in [3.05, 3.63) is 62.7 Å². The highest BCUT2D eigenvalue weighted by Gasteiger charge is 2.27. The number of amides is 1. The van der Waals surface area contributed by atoms with Gasteiger partial charge in [-0.1, -0.05) is 12.1 Å². The van der Waals surface area contributed by atoms with Crippen LogP contribution < -0.4 is 4.90 Å². The Morgan fingerprint density at radius 2 is 1.90 bits per heavy atom. The summed E-state index contributed by atoms with van der Waals surface area (Å²) >= 11 is 2.24. The Hall–Kier alpha value is -1.89. The highest BCUT2D eigenvalue weighted by Crippen LogP contribution is 2.31. The molecule has 5 heteroatoms. The maximum absolute atomic E-state index is 12.2. The van der Waals surface area contributed by atoms with Crippen LogP contribution in [0.3, 0.4) is 0 Å². The molecule has 1 aliphatic rings. The van der Waals surface area contributed by atoms with Crippen LogP contribution in [0.15, 0.2) is 42.5 Å². The van der Waals surface area contributed by atoms with E-state index in [-0.39, 0.29) is 17.9 Å². The fourth-order valence-electron chi connectivity index (χ4n) is 2.46. The number of nitrogens with zero attached hydrogens (tertiary/aromatic N) is 1. The second-order valence-corrected chi connectivity index (χ2v) is 6.18. The van der Waals surface area contributed by atoms with Crippen LogP contribution in [0.5, 0.6) is 0 Å². The van der Waals surface area contributed by atoms with Crippen LogP contribution in [0.4, 0.5) is 5.69 Å². The van der Waals surface area contributed by atoms with Crippen molar-refractivity contribution in [1.29, 1.82) is 0 Å². The monoisotopic (exact) mass is 393 g/mol. The molecule has 0 spiro atoms. The summed E-state index contributed by atoms with van der Waals surface area (Å²) in [6, 6.07) is 12.9. The van der Waals surface area contributed by atoms with Crippen LogP contribution in [0.2, 0.25) is 0 Å². The fourth-order valence-corrected chi connectivity index (χ4v) is 2.82. The van der Waals surface area contributed by atoms with E-state index >= 15 is 0 Å². The third-order valence-corrected chi connectivity index (χ3v) is 4.23. The number of halogens is 1. The average molecular weight is 393 g/mol. The van der Waals surface area contributed by atoms with Crippen molar-refractivity contribution >= 4 is 40.2 Å². The predicted molar refractivity (Wildman–Crippen MR) is 87.5 cm³/mol. The van der Waals surface area contributed by atoms with E-state index in [1.165, 1.54) is 0 Å². The molecule has 1 heterocycles. The van der Waals surface area contributed by atoms with Crippen molar-refractivity contribution in [3.8, 4) is 0 Å². The largest absolute Gasteiger partial charge is 0.478 e. The topological polar surface area (TPSA) is 57.6 Å². The SMILES string of the molecule is O=C(O)c1ccc2c(c1)CC(=O)N2Cc1ccc(I)cc1. The van der Waals surface area contributed by atoms with Gasteiger partial charge in [0.2, 0.25) is 5.91 Å². The normalized spacial score (nSPS) is 13.4. The molecule has 0 fully saturated rings. The molecular weight excluding hydrogens is 381 g/mol. The molecule has 0 aliphatic carbocycles. The predicted octanol–water partition coefficient (Wildman–Crippen LogP) is 3.08. The van der Waals surface area contributed by atoms with E-state index in [0.717, 1.165) is 20.4 Å². The molecule has 0 atom stereocenters. The van der Waals surface area contributed by atoms with E-state index in [1.807, 2.05) is 24.3 Å². The number of carboxylic acid groups (broad SMARTS) is 1. The second kappa shape index (κ2) is 5.48. The number of carbonyl (C=O) groups excluding carboxylic acids is 1. The van der Waals surface area contributed by atoms with Crippen LogP contribution in [0, 0.1) is 3.57 Å². The fraction of sp³-hybridized carbons (Fsp3) is 0.125. The van der Waals surface area contributed by atoms with Crippen molar-refractivity contribution in [1.82, 2.24) is 0 Å². The first kappa shape index (κ1) is 14.1. The quantitative estimate of drug-likeness (QED) is 0.816. The maximum atomic E-state index is 12.2. The molecule has 0 unspecified atom stereocenters. The Morgan fingerprint density at radius 3 is 2.57 bits per heavy atom. The van der Waals surface area contributed by atoms with E-state index in [9.17, 15) is 9.59 Å². The number of hydrogen-bond acceptors (Lipinski definition) is 2. The molecule has 2 aromatic carbocycles. The molecule has 1 aliphatic heterocycles. The number of hydrogen-bond donors (Lipinski definition) is 1. The minimum atomic E-state index is -0.971. The summed E-state index contributed by atoms with van der Waals surface area (Å²) in [5.41, 5.74) is 2.87. The molecule has 2 aromatic rings. The van der Waals surface area contributed by atoms with Gasteiger partial charge in [-0.25, -0.2) is 4.79 Å². The van der Waals surface area contributed by atoms with Gasteiger partial charge in [0.15, 0.2) is 0 Å². The lowest BCUT2D eigenvalue weighted by Crippen LogP contribution is -2.25. The van der Waals surface area contributed by atoms with Gasteiger partial charge in [-0.15, -0.1) is 0 Å². The lowest BCUT2D eigenvalue weighted by molar-refractivity contribution is -0.117. The number of carboxylic acids is 1. The number of anilines is 1. The van der Waals surface area contributed by atoms with Crippen LogP contribution in [0.1, 0.15) is 21.5 Å². The standard InChI is InChI=1S/C16H12INO3/c17-13-4-1-10(2-5-13)9-18-14-6-3-11(16(20)21)7-12(14)8-15(18)19/h1-7H,8-9H2,(H,20,21). The summed E-state index contributed by atoms with van der Waals surface area (Å²) in [6.45, 7) is 0.509. The van der Waals surface area contributed by atoms with Crippen LogP contribution >= 0.6 is 22.6 Å². The van der Waals surface area contributed by atoms with Crippen LogP contribution in [0.25, 0.3) is 0 Å². The molecule has 1 N–H and O–H groups in total. The Balaban J connectivity index is 1.90. The van der Waals surface area contributed by atoms with Gasteiger partial charge < -0.3 is 10.0 Å². The average Bonchev–Trinajstić information content (AvgIpc) is 2.76. The van der Waals surface area contributed by atoms with Crippen LogP contribution in [-0.4, -0.2) is 17.0 Å². The van der Waals surface area contributed by atoms with E-state index in [0.29, 0.717) is 6.54 Å². The zero-order valence-electron chi connectivity index (χ0n) is 11.0. The van der Waals surface area contributed by atoms with Gasteiger partial charge in [0, 0.05) is 9.26 Å². The Morgan fingerprint density at radius 1 is 1.19 bits per heavy atom. The molecule has 0 radical (unpaired) electrons. The van der Waals surface area contributed by atoms with Crippen molar-refractivity contribution in [2.24, 2.45) is 0 Å². The number of aromatic carboxylic acids is 1. The maximum Gasteiger partial charge on any atom is 0.335 e. The Bertz CT molecular complexity index is 725. The first-order chi connectivity index (χ1) is 10.0. The van der Waals surface area contributed by atoms with Gasteiger partial charge >= 0.3 is 5.97 Å². The van der Waals surface area contributed by atoms with Crippen molar-refractivity contribution < 1.29 is 14.7 Å². The van der Waals surface area contributed by atoms with E-state index in [4.69, 9.17) is 5.11 Å². The first-order valence-corrected chi connectivity index (χ1v) is 7.53. The lowest BCUT2D eigenvalue weighted by atomic mass is 10.1. The molecule has 1 amide bonds. The molecule has 21 heavy (non-hydrogen) atoms. The molecular formula is C16H12INO3. The van der Waals surface area contributed by atoms with Gasteiger partial charge in [0.1, 0.15) is 0 Å². The van der Waals surface area contributed by atoms with Gasteiger partial charge in [-0.2, -0.15) is 0 Å². The van der Waals surface area contributed by atoms with Crippen molar-refractivity contribution in [2.75, 3.05) is 4.90 Å². The molecule has 0 saturated carbocycles. The second-order valence-electron chi connectivity index (χ2n) is 4.93. The molecule has 0 aromatic heterocycles. The van der Waals surface area contributed by atoms with E-state index in [2.05, 4.69) is 22.6 Å². The summed E-state index contributed by atoms with van der Waals surface area (Å²) in [7, 11) is 0. The molecule has 3 rings (SSSR count). The summed E-state index contributed by atoms with van der Waals surface area (Å²) < 4.78 is 1.15. The summed E-state index contributed by atoms with van der Waals surface area (Å²) in [5.74, 6) is -0.965. The lowest BCUT2D eigenvalue weighted by Gasteiger charge is -2.17. The Labute approximate surface area is 135 Å². The summed E-state index contributed by atoms with van der Waals surface area (Å²) in [6.07, 6.45) is 0.265. The molecule has 0 saturated heterocycles. The third-order valence-electron chi connectivity index (χ3n) is 3.51. The third kappa shape index (κ3) is 2.78. The highest BCUT2D eigenvalue weighted by molar-refractivity contribution is 14.1. The van der Waals surface area contributed by atoms with Crippen LogP contribution in [-0.2, 0) is 17.8 Å². The highest BCUT2D eigenvalue weighted by atomic mass is 127. The first-order valence-electron chi connectivity index (χ1n) is 6.45. The minimum absolute atomic E-state index is 0.00564. The molecule has 0 bridgehead atoms.